The topological polar surface area (TPSA) is 91.5 Å². The standard InChI is InChI=1S/C20H22N2O4/c1-25-18-11-15(13-22-14-18)5-2-3-10-26-20(24)9-8-19(23)16-6-4-7-17(21)12-16/h2,4-7,11-14H,3,8-10,21H2,1H3/b5-2+. The molecule has 2 N–H and O–H groups in total. The smallest absolute Gasteiger partial charge is 0.306 e. The lowest BCUT2D eigenvalue weighted by Gasteiger charge is -2.04. The van der Waals surface area contributed by atoms with Crippen LogP contribution in [0, 0.1) is 0 Å². The van der Waals surface area contributed by atoms with E-state index in [0.717, 1.165) is 5.56 Å². The van der Waals surface area contributed by atoms with E-state index in [1.807, 2.05) is 18.2 Å². The zero-order valence-corrected chi connectivity index (χ0v) is 14.7. The highest BCUT2D eigenvalue weighted by atomic mass is 16.5. The maximum absolute atomic E-state index is 12.0. The fourth-order valence-corrected chi connectivity index (χ4v) is 2.24. The molecule has 136 valence electrons. The molecule has 0 radical (unpaired) electrons. The molecular formula is C20H22N2O4. The van der Waals surface area contributed by atoms with Gasteiger partial charge in [-0.25, -0.2) is 0 Å². The summed E-state index contributed by atoms with van der Waals surface area (Å²) in [5, 5.41) is 0. The third kappa shape index (κ3) is 6.39. The molecule has 6 nitrogen and oxygen atoms in total. The second kappa shape index (κ2) is 9.98. The number of pyridine rings is 1. The van der Waals surface area contributed by atoms with E-state index in [4.69, 9.17) is 15.2 Å². The maximum atomic E-state index is 12.0. The third-order valence-corrected chi connectivity index (χ3v) is 3.59. The third-order valence-electron chi connectivity index (χ3n) is 3.59. The summed E-state index contributed by atoms with van der Waals surface area (Å²) in [7, 11) is 1.58. The molecule has 0 saturated carbocycles. The van der Waals surface area contributed by atoms with Crippen molar-refractivity contribution < 1.29 is 19.1 Å². The largest absolute Gasteiger partial charge is 0.495 e. The van der Waals surface area contributed by atoms with Gasteiger partial charge in [-0.05, 0) is 30.2 Å². The zero-order chi connectivity index (χ0) is 18.8. The van der Waals surface area contributed by atoms with E-state index in [0.29, 0.717) is 23.4 Å². The fourth-order valence-electron chi connectivity index (χ4n) is 2.24. The van der Waals surface area contributed by atoms with Crippen molar-refractivity contribution in [2.75, 3.05) is 19.5 Å². The Hall–Kier alpha value is -3.15. The molecule has 26 heavy (non-hydrogen) atoms. The zero-order valence-electron chi connectivity index (χ0n) is 14.7. The minimum Gasteiger partial charge on any atom is -0.495 e. The summed E-state index contributed by atoms with van der Waals surface area (Å²) < 4.78 is 10.2. The number of carbonyl (C=O) groups excluding carboxylic acids is 2. The summed E-state index contributed by atoms with van der Waals surface area (Å²) in [5.74, 6) is 0.168. The van der Waals surface area contributed by atoms with Gasteiger partial charge in [-0.2, -0.15) is 0 Å². The second-order valence-electron chi connectivity index (χ2n) is 5.62. The summed E-state index contributed by atoms with van der Waals surface area (Å²) in [6.07, 6.45) is 7.85. The van der Waals surface area contributed by atoms with Crippen molar-refractivity contribution in [2.24, 2.45) is 0 Å². The number of hydrogen-bond acceptors (Lipinski definition) is 6. The number of ketones is 1. The van der Waals surface area contributed by atoms with Crippen LogP contribution in [0.25, 0.3) is 6.08 Å². The first-order valence-corrected chi connectivity index (χ1v) is 8.28. The highest BCUT2D eigenvalue weighted by molar-refractivity contribution is 5.98. The Bertz CT molecular complexity index is 787. The Labute approximate surface area is 152 Å². The van der Waals surface area contributed by atoms with Crippen LogP contribution in [0.2, 0.25) is 0 Å². The van der Waals surface area contributed by atoms with E-state index in [1.54, 1.807) is 43.8 Å². The lowest BCUT2D eigenvalue weighted by Crippen LogP contribution is -2.09. The first kappa shape index (κ1) is 19.2. The number of methoxy groups -OCH3 is 1. The summed E-state index contributed by atoms with van der Waals surface area (Å²) >= 11 is 0. The van der Waals surface area contributed by atoms with Crippen molar-refractivity contribution in [3.05, 3.63) is 59.9 Å². The molecule has 0 bridgehead atoms. The molecule has 0 saturated heterocycles. The molecule has 0 aliphatic rings. The highest BCUT2D eigenvalue weighted by Crippen LogP contribution is 2.12. The van der Waals surface area contributed by atoms with Crippen molar-refractivity contribution >= 4 is 23.5 Å². The van der Waals surface area contributed by atoms with Crippen LogP contribution in [0.3, 0.4) is 0 Å². The Kier molecular flexibility index (Phi) is 7.36. The van der Waals surface area contributed by atoms with E-state index >= 15 is 0 Å². The molecule has 0 unspecified atom stereocenters. The predicted molar refractivity (Wildman–Crippen MR) is 99.8 cm³/mol. The molecular weight excluding hydrogens is 332 g/mol. The average Bonchev–Trinajstić information content (AvgIpc) is 2.66. The number of benzene rings is 1. The number of Topliss-reactive ketones (excluding diaryl/α,β-unsaturated/α-hetero) is 1. The van der Waals surface area contributed by atoms with Crippen molar-refractivity contribution in [1.82, 2.24) is 4.98 Å². The van der Waals surface area contributed by atoms with Gasteiger partial charge in [0.1, 0.15) is 5.75 Å². The molecule has 1 aromatic heterocycles. The van der Waals surface area contributed by atoms with Crippen LogP contribution in [0.5, 0.6) is 5.75 Å². The van der Waals surface area contributed by atoms with Gasteiger partial charge in [0.2, 0.25) is 0 Å². The number of hydrogen-bond donors (Lipinski definition) is 1. The normalized spacial score (nSPS) is 10.7. The van der Waals surface area contributed by atoms with Crippen molar-refractivity contribution in [2.45, 2.75) is 19.3 Å². The monoisotopic (exact) mass is 354 g/mol. The first-order chi connectivity index (χ1) is 12.6. The van der Waals surface area contributed by atoms with Crippen LogP contribution in [-0.4, -0.2) is 30.5 Å². The SMILES string of the molecule is COc1cncc(/C=C/CCOC(=O)CCC(=O)c2cccc(N)c2)c1. The molecule has 0 atom stereocenters. The molecule has 2 rings (SSSR count). The van der Waals surface area contributed by atoms with Gasteiger partial charge in [0.05, 0.1) is 26.3 Å². The molecule has 0 aliphatic heterocycles. The quantitative estimate of drug-likeness (QED) is 0.322. The molecule has 2 aromatic rings. The number of aromatic nitrogens is 1. The molecule has 0 spiro atoms. The summed E-state index contributed by atoms with van der Waals surface area (Å²) in [5.41, 5.74) is 7.58. The number of nitrogens with zero attached hydrogens (tertiary/aromatic N) is 1. The number of ether oxygens (including phenoxy) is 2. The van der Waals surface area contributed by atoms with Crippen LogP contribution < -0.4 is 10.5 Å². The van der Waals surface area contributed by atoms with Crippen LogP contribution >= 0.6 is 0 Å². The van der Waals surface area contributed by atoms with E-state index in [-0.39, 0.29) is 25.2 Å². The van der Waals surface area contributed by atoms with Gasteiger partial charge in [-0.15, -0.1) is 0 Å². The molecule has 0 amide bonds. The van der Waals surface area contributed by atoms with Gasteiger partial charge < -0.3 is 15.2 Å². The lowest BCUT2D eigenvalue weighted by molar-refractivity contribution is -0.143. The van der Waals surface area contributed by atoms with Crippen molar-refractivity contribution in [3.63, 3.8) is 0 Å². The summed E-state index contributed by atoms with van der Waals surface area (Å²) in [6, 6.07) is 8.57. The Morgan fingerprint density at radius 1 is 1.19 bits per heavy atom. The number of anilines is 1. The molecule has 1 heterocycles. The number of esters is 1. The van der Waals surface area contributed by atoms with Crippen LogP contribution in [0.1, 0.15) is 35.2 Å². The Morgan fingerprint density at radius 2 is 2.04 bits per heavy atom. The van der Waals surface area contributed by atoms with Crippen molar-refractivity contribution in [1.29, 1.82) is 0 Å². The van der Waals surface area contributed by atoms with Crippen LogP contribution in [0.15, 0.2) is 48.8 Å². The van der Waals surface area contributed by atoms with Gasteiger partial charge in [-0.3, -0.25) is 14.6 Å². The van der Waals surface area contributed by atoms with Gasteiger partial charge in [0.15, 0.2) is 5.78 Å². The highest BCUT2D eigenvalue weighted by Gasteiger charge is 2.10. The minimum atomic E-state index is -0.390. The summed E-state index contributed by atoms with van der Waals surface area (Å²) in [4.78, 5) is 27.8. The number of rotatable bonds is 9. The van der Waals surface area contributed by atoms with Crippen molar-refractivity contribution in [3.8, 4) is 5.75 Å². The van der Waals surface area contributed by atoms with E-state index < -0.39 is 5.97 Å². The number of carbonyl (C=O) groups is 2. The van der Waals surface area contributed by atoms with Gasteiger partial charge >= 0.3 is 5.97 Å². The molecule has 0 aliphatic carbocycles. The van der Waals surface area contributed by atoms with Crippen LogP contribution in [0.4, 0.5) is 5.69 Å². The summed E-state index contributed by atoms with van der Waals surface area (Å²) in [6.45, 7) is 0.263. The number of nitrogen functional groups attached to an aromatic ring is 1. The molecule has 0 fully saturated rings. The minimum absolute atomic E-state index is 0.0527. The average molecular weight is 354 g/mol. The van der Waals surface area contributed by atoms with Gasteiger partial charge in [-0.1, -0.05) is 24.3 Å². The second-order valence-corrected chi connectivity index (χ2v) is 5.62. The lowest BCUT2D eigenvalue weighted by atomic mass is 10.1. The Balaban J connectivity index is 1.67. The van der Waals surface area contributed by atoms with Gasteiger partial charge in [0, 0.05) is 23.9 Å². The van der Waals surface area contributed by atoms with Gasteiger partial charge in [0.25, 0.3) is 0 Å². The molecule has 1 aromatic carbocycles. The van der Waals surface area contributed by atoms with E-state index in [9.17, 15) is 9.59 Å². The first-order valence-electron chi connectivity index (χ1n) is 8.28. The maximum Gasteiger partial charge on any atom is 0.306 e. The van der Waals surface area contributed by atoms with Crippen LogP contribution in [-0.2, 0) is 9.53 Å². The number of nitrogens with two attached hydrogens (primary N) is 1. The molecule has 6 heteroatoms. The van der Waals surface area contributed by atoms with E-state index in [2.05, 4.69) is 4.98 Å². The van der Waals surface area contributed by atoms with E-state index in [1.165, 1.54) is 0 Å². The Morgan fingerprint density at radius 3 is 2.81 bits per heavy atom. The fraction of sp³-hybridized carbons (Fsp3) is 0.250. The predicted octanol–water partition coefficient (Wildman–Crippen LogP) is 3.28.